The Morgan fingerprint density at radius 1 is 1.44 bits per heavy atom. The van der Waals surface area contributed by atoms with Crippen LogP contribution in [-0.4, -0.2) is 5.78 Å². The highest BCUT2D eigenvalue weighted by Gasteiger charge is 2.68. The van der Waals surface area contributed by atoms with E-state index in [0.717, 1.165) is 24.2 Å². The molecule has 88 valence electrons. The minimum absolute atomic E-state index is 0.322. The zero-order valence-electron chi connectivity index (χ0n) is 10.6. The van der Waals surface area contributed by atoms with Crippen LogP contribution in [0.25, 0.3) is 0 Å². The number of carbonyl (C=O) groups is 1. The van der Waals surface area contributed by atoms with Crippen LogP contribution in [0.3, 0.4) is 0 Å². The van der Waals surface area contributed by atoms with Gasteiger partial charge in [-0.05, 0) is 42.4 Å². The predicted molar refractivity (Wildman–Crippen MR) is 64.9 cm³/mol. The molecule has 6 atom stereocenters. The molecule has 0 unspecified atom stereocenters. The van der Waals surface area contributed by atoms with Crippen molar-refractivity contribution in [3.63, 3.8) is 0 Å². The van der Waals surface area contributed by atoms with Gasteiger partial charge >= 0.3 is 0 Å². The zero-order valence-corrected chi connectivity index (χ0v) is 10.6. The van der Waals surface area contributed by atoms with Gasteiger partial charge in [0.15, 0.2) is 0 Å². The summed E-state index contributed by atoms with van der Waals surface area (Å²) in [4.78, 5) is 11.9. The molecule has 1 nitrogen and oxygen atoms in total. The molecule has 0 aromatic rings. The van der Waals surface area contributed by atoms with E-state index in [4.69, 9.17) is 0 Å². The van der Waals surface area contributed by atoms with Gasteiger partial charge in [0.2, 0.25) is 0 Å². The van der Waals surface area contributed by atoms with E-state index in [-0.39, 0.29) is 0 Å². The summed E-state index contributed by atoms with van der Waals surface area (Å²) in [5.74, 6) is 3.67. The number of hydrogen-bond donors (Lipinski definition) is 0. The predicted octanol–water partition coefficient (Wildman–Crippen LogP) is 3.45. The lowest BCUT2D eigenvalue weighted by atomic mass is 9.56. The van der Waals surface area contributed by atoms with Gasteiger partial charge in [0.25, 0.3) is 0 Å². The van der Waals surface area contributed by atoms with Gasteiger partial charge < -0.3 is 0 Å². The molecule has 0 aromatic heterocycles. The summed E-state index contributed by atoms with van der Waals surface area (Å²) in [5, 5.41) is 0. The van der Waals surface area contributed by atoms with Crippen LogP contribution in [0.5, 0.6) is 0 Å². The number of fused-ring (bicyclic) bond motifs is 3. The molecule has 0 bridgehead atoms. The van der Waals surface area contributed by atoms with Crippen molar-refractivity contribution in [2.45, 2.75) is 40.0 Å². The molecule has 0 spiro atoms. The molecule has 0 amide bonds. The Balaban J connectivity index is 2.04. The van der Waals surface area contributed by atoms with Crippen molar-refractivity contribution in [2.24, 2.45) is 35.0 Å². The Kier molecular flexibility index (Phi) is 1.98. The van der Waals surface area contributed by atoms with E-state index in [0.29, 0.717) is 23.0 Å². The quantitative estimate of drug-likeness (QED) is 0.616. The summed E-state index contributed by atoms with van der Waals surface area (Å²) >= 11 is 0. The maximum atomic E-state index is 11.9. The second-order valence-electron chi connectivity index (χ2n) is 6.74. The van der Waals surface area contributed by atoms with Gasteiger partial charge in [-0.3, -0.25) is 4.79 Å². The van der Waals surface area contributed by atoms with Crippen molar-refractivity contribution in [3.05, 3.63) is 12.2 Å². The highest BCUT2D eigenvalue weighted by molar-refractivity contribution is 5.90. The summed E-state index contributed by atoms with van der Waals surface area (Å²) < 4.78 is 0. The van der Waals surface area contributed by atoms with E-state index in [1.165, 1.54) is 18.4 Å². The second-order valence-corrected chi connectivity index (χ2v) is 6.74. The molecule has 0 heterocycles. The van der Waals surface area contributed by atoms with Crippen LogP contribution in [0.1, 0.15) is 40.0 Å². The topological polar surface area (TPSA) is 17.1 Å². The SMILES string of the molecule is C=C(C)[C@@H]1[C@@H]2[C@@H](CC[C@@H]2C)[C@]2(C)CC(=O)[C@H]12. The first-order valence-corrected chi connectivity index (χ1v) is 6.65. The zero-order chi connectivity index (χ0) is 11.7. The van der Waals surface area contributed by atoms with Crippen molar-refractivity contribution in [3.8, 4) is 0 Å². The van der Waals surface area contributed by atoms with Gasteiger partial charge in [-0.2, -0.15) is 0 Å². The van der Waals surface area contributed by atoms with Crippen LogP contribution in [0.15, 0.2) is 12.2 Å². The highest BCUT2D eigenvalue weighted by atomic mass is 16.1. The molecule has 1 heteroatoms. The van der Waals surface area contributed by atoms with Crippen molar-refractivity contribution in [1.29, 1.82) is 0 Å². The summed E-state index contributed by atoms with van der Waals surface area (Å²) in [5.41, 5.74) is 1.58. The van der Waals surface area contributed by atoms with Crippen LogP contribution in [0, 0.1) is 35.0 Å². The first-order valence-electron chi connectivity index (χ1n) is 6.65. The molecule has 3 saturated carbocycles. The summed E-state index contributed by atoms with van der Waals surface area (Å²) in [7, 11) is 0. The third-order valence-electron chi connectivity index (χ3n) is 5.86. The summed E-state index contributed by atoms with van der Waals surface area (Å²) in [6, 6.07) is 0. The van der Waals surface area contributed by atoms with E-state index in [2.05, 4.69) is 27.4 Å². The Morgan fingerprint density at radius 3 is 2.69 bits per heavy atom. The van der Waals surface area contributed by atoms with Gasteiger partial charge in [0.1, 0.15) is 5.78 Å². The minimum atomic E-state index is 0.322. The standard InChI is InChI=1S/C15H22O/c1-8(2)12-13-9(3)5-6-10(13)15(4)7-11(16)14(12)15/h9-10,12-14H,1,5-7H2,2-4H3/t9-,10+,12+,13-,14+,15-/m0/s1. The number of allylic oxidation sites excluding steroid dienone is 1. The lowest BCUT2D eigenvalue weighted by Gasteiger charge is -2.45. The lowest BCUT2D eigenvalue weighted by molar-refractivity contribution is -0.143. The van der Waals surface area contributed by atoms with Gasteiger partial charge in [-0.1, -0.05) is 32.4 Å². The maximum absolute atomic E-state index is 11.9. The monoisotopic (exact) mass is 218 g/mol. The van der Waals surface area contributed by atoms with Crippen LogP contribution >= 0.6 is 0 Å². The van der Waals surface area contributed by atoms with Crippen LogP contribution in [-0.2, 0) is 4.79 Å². The number of hydrogen-bond acceptors (Lipinski definition) is 1. The molecule has 3 aliphatic rings. The molecule has 0 aliphatic heterocycles. The van der Waals surface area contributed by atoms with Gasteiger partial charge in [0.05, 0.1) is 0 Å². The van der Waals surface area contributed by atoms with E-state index >= 15 is 0 Å². The van der Waals surface area contributed by atoms with Crippen molar-refractivity contribution in [2.75, 3.05) is 0 Å². The molecule has 3 aliphatic carbocycles. The first kappa shape index (κ1) is 10.6. The first-order chi connectivity index (χ1) is 7.47. The molecular formula is C15H22O. The summed E-state index contributed by atoms with van der Waals surface area (Å²) in [6.07, 6.45) is 3.54. The largest absolute Gasteiger partial charge is 0.299 e. The molecule has 16 heavy (non-hydrogen) atoms. The third kappa shape index (κ3) is 1.00. The Bertz CT molecular complexity index is 370. The van der Waals surface area contributed by atoms with Crippen LogP contribution in [0.4, 0.5) is 0 Å². The fourth-order valence-electron chi connectivity index (χ4n) is 5.24. The number of rotatable bonds is 1. The molecule has 3 fully saturated rings. The third-order valence-corrected chi connectivity index (χ3v) is 5.86. The number of Topliss-reactive ketones (excluding diaryl/α,β-unsaturated/α-hetero) is 1. The average Bonchev–Trinajstić information content (AvgIpc) is 2.63. The van der Waals surface area contributed by atoms with E-state index in [1.807, 2.05) is 0 Å². The van der Waals surface area contributed by atoms with Crippen molar-refractivity contribution < 1.29 is 4.79 Å². The number of carbonyl (C=O) groups excluding carboxylic acids is 1. The fraction of sp³-hybridized carbons (Fsp3) is 0.800. The molecule has 3 rings (SSSR count). The Labute approximate surface area is 98.3 Å². The van der Waals surface area contributed by atoms with Gasteiger partial charge in [-0.25, -0.2) is 0 Å². The molecule has 0 aromatic carbocycles. The molecule has 0 radical (unpaired) electrons. The van der Waals surface area contributed by atoms with Gasteiger partial charge in [-0.15, -0.1) is 0 Å². The van der Waals surface area contributed by atoms with E-state index in [9.17, 15) is 4.79 Å². The molecule has 0 N–H and O–H groups in total. The van der Waals surface area contributed by atoms with E-state index in [1.54, 1.807) is 0 Å². The van der Waals surface area contributed by atoms with E-state index < -0.39 is 0 Å². The van der Waals surface area contributed by atoms with Gasteiger partial charge in [0, 0.05) is 12.3 Å². The summed E-state index contributed by atoms with van der Waals surface area (Å²) in [6.45, 7) is 11.0. The van der Waals surface area contributed by atoms with Crippen LogP contribution < -0.4 is 0 Å². The molecular weight excluding hydrogens is 196 g/mol. The maximum Gasteiger partial charge on any atom is 0.137 e. The Hall–Kier alpha value is -0.590. The Morgan fingerprint density at radius 2 is 2.12 bits per heavy atom. The van der Waals surface area contributed by atoms with Crippen LogP contribution in [0.2, 0.25) is 0 Å². The molecule has 0 saturated heterocycles. The van der Waals surface area contributed by atoms with Crippen molar-refractivity contribution >= 4 is 5.78 Å². The second kappa shape index (κ2) is 3.00. The normalized spacial score (nSPS) is 54.4. The smallest absolute Gasteiger partial charge is 0.137 e. The highest BCUT2D eigenvalue weighted by Crippen LogP contribution is 2.69. The average molecular weight is 218 g/mol. The number of ketones is 1. The fourth-order valence-corrected chi connectivity index (χ4v) is 5.24. The van der Waals surface area contributed by atoms with Crippen molar-refractivity contribution in [1.82, 2.24) is 0 Å². The minimum Gasteiger partial charge on any atom is -0.299 e. The lowest BCUT2D eigenvalue weighted by Crippen LogP contribution is -2.48.